The second-order valence-electron chi connectivity index (χ2n) is 7.60. The number of rotatable bonds is 4. The standard InChI is InChI=1S/C20H27N3O3/c1-22-13-15(14-4-2-3-5-16(14)22)19(25)23-9-6-20(7-10-23)17(24)12-18(20)26-11-8-21/h2-5,13,17-18,24H,6-12,21H2,1H3/t17-,18+/m1/s1. The molecule has 1 aliphatic heterocycles. The van der Waals surface area contributed by atoms with Crippen LogP contribution >= 0.6 is 0 Å². The number of carbonyl (C=O) groups excluding carboxylic acids is 1. The van der Waals surface area contributed by atoms with E-state index in [0.717, 1.165) is 29.3 Å². The zero-order chi connectivity index (χ0) is 18.3. The normalized spacial score (nSPS) is 24.8. The zero-order valence-electron chi connectivity index (χ0n) is 15.2. The third-order valence-corrected chi connectivity index (χ3v) is 6.29. The van der Waals surface area contributed by atoms with Crippen molar-refractivity contribution in [2.45, 2.75) is 31.5 Å². The van der Waals surface area contributed by atoms with Crippen LogP contribution in [0.5, 0.6) is 0 Å². The van der Waals surface area contributed by atoms with Crippen molar-refractivity contribution < 1.29 is 14.6 Å². The predicted octanol–water partition coefficient (Wildman–Crippen LogP) is 1.51. The third kappa shape index (κ3) is 2.64. The molecule has 2 aromatic rings. The lowest BCUT2D eigenvalue weighted by Crippen LogP contribution is -2.62. The van der Waals surface area contributed by atoms with Gasteiger partial charge in [-0.1, -0.05) is 18.2 Å². The van der Waals surface area contributed by atoms with Crippen LogP contribution in [-0.4, -0.2) is 58.9 Å². The molecule has 1 amide bonds. The van der Waals surface area contributed by atoms with Crippen LogP contribution in [0, 0.1) is 5.41 Å². The van der Waals surface area contributed by atoms with Crippen molar-refractivity contribution in [3.05, 3.63) is 36.0 Å². The Morgan fingerprint density at radius 3 is 2.77 bits per heavy atom. The highest BCUT2D eigenvalue weighted by atomic mass is 16.5. The number of aromatic nitrogens is 1. The summed E-state index contributed by atoms with van der Waals surface area (Å²) >= 11 is 0. The molecule has 4 rings (SSSR count). The first-order valence-corrected chi connectivity index (χ1v) is 9.40. The van der Waals surface area contributed by atoms with E-state index >= 15 is 0 Å². The molecule has 0 radical (unpaired) electrons. The van der Waals surface area contributed by atoms with Crippen molar-refractivity contribution in [3.63, 3.8) is 0 Å². The molecule has 0 bridgehead atoms. The van der Waals surface area contributed by atoms with Gasteiger partial charge in [0.25, 0.3) is 5.91 Å². The van der Waals surface area contributed by atoms with E-state index in [1.165, 1.54) is 0 Å². The molecule has 26 heavy (non-hydrogen) atoms. The van der Waals surface area contributed by atoms with Crippen molar-refractivity contribution >= 4 is 16.8 Å². The van der Waals surface area contributed by atoms with Crippen LogP contribution in [0.25, 0.3) is 10.9 Å². The van der Waals surface area contributed by atoms with Crippen molar-refractivity contribution in [1.82, 2.24) is 9.47 Å². The van der Waals surface area contributed by atoms with E-state index in [2.05, 4.69) is 0 Å². The Hall–Kier alpha value is -1.89. The molecule has 1 saturated heterocycles. The maximum absolute atomic E-state index is 13.1. The Labute approximate surface area is 153 Å². The third-order valence-electron chi connectivity index (χ3n) is 6.29. The van der Waals surface area contributed by atoms with E-state index in [1.807, 2.05) is 47.0 Å². The van der Waals surface area contributed by atoms with E-state index in [1.54, 1.807) is 0 Å². The van der Waals surface area contributed by atoms with Gasteiger partial charge in [-0.05, 0) is 18.9 Å². The number of nitrogens with zero attached hydrogens (tertiary/aromatic N) is 2. The number of aliphatic hydroxyl groups is 1. The number of amides is 1. The molecule has 140 valence electrons. The second kappa shape index (κ2) is 6.68. The van der Waals surface area contributed by atoms with Crippen molar-refractivity contribution in [3.8, 4) is 0 Å². The van der Waals surface area contributed by atoms with Gasteiger partial charge in [-0.25, -0.2) is 0 Å². The molecule has 6 heteroatoms. The molecule has 1 aromatic heterocycles. The summed E-state index contributed by atoms with van der Waals surface area (Å²) in [7, 11) is 1.97. The molecular formula is C20H27N3O3. The summed E-state index contributed by atoms with van der Waals surface area (Å²) in [5.74, 6) is 0.0740. The first kappa shape index (κ1) is 17.5. The summed E-state index contributed by atoms with van der Waals surface area (Å²) in [4.78, 5) is 15.0. The number of fused-ring (bicyclic) bond motifs is 1. The number of aliphatic hydroxyl groups excluding tert-OH is 1. The SMILES string of the molecule is Cn1cc(C(=O)N2CCC3(CC2)[C@H](O)C[C@@H]3OCCN)c2ccccc21. The highest BCUT2D eigenvalue weighted by Gasteiger charge is 2.56. The average molecular weight is 357 g/mol. The lowest BCUT2D eigenvalue weighted by molar-refractivity contribution is -0.207. The predicted molar refractivity (Wildman–Crippen MR) is 99.9 cm³/mol. The number of hydrogen-bond acceptors (Lipinski definition) is 4. The first-order valence-electron chi connectivity index (χ1n) is 9.40. The van der Waals surface area contributed by atoms with Gasteiger partial charge in [0.2, 0.25) is 0 Å². The molecule has 0 unspecified atom stereocenters. The van der Waals surface area contributed by atoms with Gasteiger partial charge in [0.15, 0.2) is 0 Å². The molecule has 2 heterocycles. The highest BCUT2D eigenvalue weighted by Crippen LogP contribution is 2.51. The van der Waals surface area contributed by atoms with Crippen LogP contribution in [-0.2, 0) is 11.8 Å². The number of benzene rings is 1. The summed E-state index contributed by atoms with van der Waals surface area (Å²) < 4.78 is 7.84. The lowest BCUT2D eigenvalue weighted by Gasteiger charge is -2.56. The van der Waals surface area contributed by atoms with Gasteiger partial charge in [-0.3, -0.25) is 4.79 Å². The van der Waals surface area contributed by atoms with E-state index in [9.17, 15) is 9.90 Å². The molecule has 2 fully saturated rings. The quantitative estimate of drug-likeness (QED) is 0.869. The fourth-order valence-electron chi connectivity index (χ4n) is 4.63. The van der Waals surface area contributed by atoms with Crippen LogP contribution in [0.1, 0.15) is 29.6 Å². The topological polar surface area (TPSA) is 80.7 Å². The van der Waals surface area contributed by atoms with Crippen molar-refractivity contribution in [1.29, 1.82) is 0 Å². The Balaban J connectivity index is 1.48. The summed E-state index contributed by atoms with van der Waals surface area (Å²) in [6.07, 6.45) is 3.88. The van der Waals surface area contributed by atoms with Gasteiger partial charge in [-0.2, -0.15) is 0 Å². The lowest BCUT2D eigenvalue weighted by atomic mass is 9.58. The Morgan fingerprint density at radius 2 is 2.08 bits per heavy atom. The molecule has 2 aliphatic rings. The summed E-state index contributed by atoms with van der Waals surface area (Å²) in [6.45, 7) is 2.33. The molecule has 1 spiro atoms. The van der Waals surface area contributed by atoms with Gasteiger partial charge < -0.3 is 25.0 Å². The van der Waals surface area contributed by atoms with Crippen molar-refractivity contribution in [2.75, 3.05) is 26.2 Å². The van der Waals surface area contributed by atoms with Gasteiger partial charge in [-0.15, -0.1) is 0 Å². The number of piperidine rings is 1. The average Bonchev–Trinajstić information content (AvgIpc) is 3.01. The first-order chi connectivity index (χ1) is 12.6. The number of carbonyl (C=O) groups is 1. The second-order valence-corrected chi connectivity index (χ2v) is 7.60. The Morgan fingerprint density at radius 1 is 1.35 bits per heavy atom. The van der Waals surface area contributed by atoms with E-state index < -0.39 is 0 Å². The fourth-order valence-corrected chi connectivity index (χ4v) is 4.63. The van der Waals surface area contributed by atoms with Crippen LogP contribution in [0.3, 0.4) is 0 Å². The minimum absolute atomic E-state index is 0.0656. The van der Waals surface area contributed by atoms with Crippen molar-refractivity contribution in [2.24, 2.45) is 18.2 Å². The molecule has 1 aromatic carbocycles. The number of aryl methyl sites for hydroxylation is 1. The monoisotopic (exact) mass is 357 g/mol. The van der Waals surface area contributed by atoms with Gasteiger partial charge >= 0.3 is 0 Å². The Kier molecular flexibility index (Phi) is 4.50. The van der Waals surface area contributed by atoms with Gasteiger partial charge in [0, 0.05) is 55.6 Å². The molecule has 2 atom stereocenters. The number of likely N-dealkylation sites (tertiary alicyclic amines) is 1. The fraction of sp³-hybridized carbons (Fsp3) is 0.550. The molecule has 3 N–H and O–H groups in total. The minimum Gasteiger partial charge on any atom is -0.392 e. The maximum atomic E-state index is 13.1. The van der Waals surface area contributed by atoms with Crippen LogP contribution in [0.2, 0.25) is 0 Å². The molecule has 6 nitrogen and oxygen atoms in total. The molecule has 1 aliphatic carbocycles. The Bertz CT molecular complexity index is 808. The molecule has 1 saturated carbocycles. The van der Waals surface area contributed by atoms with Gasteiger partial charge in [0.1, 0.15) is 0 Å². The van der Waals surface area contributed by atoms with Crippen LogP contribution in [0.15, 0.2) is 30.5 Å². The molecular weight excluding hydrogens is 330 g/mol. The smallest absolute Gasteiger partial charge is 0.256 e. The van der Waals surface area contributed by atoms with E-state index in [-0.39, 0.29) is 23.5 Å². The largest absolute Gasteiger partial charge is 0.392 e. The van der Waals surface area contributed by atoms with Crippen LogP contribution in [0.4, 0.5) is 0 Å². The minimum atomic E-state index is -0.333. The number of ether oxygens (including phenoxy) is 1. The zero-order valence-corrected chi connectivity index (χ0v) is 15.2. The number of nitrogens with two attached hydrogens (primary N) is 1. The van der Waals surface area contributed by atoms with Gasteiger partial charge in [0.05, 0.1) is 24.4 Å². The van der Waals surface area contributed by atoms with E-state index in [4.69, 9.17) is 10.5 Å². The van der Waals surface area contributed by atoms with E-state index in [0.29, 0.717) is 32.7 Å². The number of hydrogen-bond donors (Lipinski definition) is 2. The summed E-state index contributed by atoms with van der Waals surface area (Å²) in [5.41, 5.74) is 7.15. The summed E-state index contributed by atoms with van der Waals surface area (Å²) in [6, 6.07) is 7.98. The number of para-hydroxylation sites is 1. The summed E-state index contributed by atoms with van der Waals surface area (Å²) in [5, 5.41) is 11.4. The maximum Gasteiger partial charge on any atom is 0.256 e. The van der Waals surface area contributed by atoms with Crippen LogP contribution < -0.4 is 5.73 Å². The highest BCUT2D eigenvalue weighted by molar-refractivity contribution is 6.07.